The molecule has 1 saturated heterocycles. The number of rotatable bonds is 5. The molecule has 0 unspecified atom stereocenters. The number of benzene rings is 2. The molecule has 3 aromatic rings. The predicted molar refractivity (Wildman–Crippen MR) is 93.8 cm³/mol. The lowest BCUT2D eigenvalue weighted by Crippen LogP contribution is -2.40. The summed E-state index contributed by atoms with van der Waals surface area (Å²) in [6, 6.07) is 10.5. The van der Waals surface area contributed by atoms with Crippen molar-refractivity contribution >= 4 is 21.1 Å². The van der Waals surface area contributed by atoms with E-state index in [0.717, 1.165) is 5.56 Å². The number of aromatic nitrogens is 3. The standard InChI is InChI=1S/C17H17FN4O4S/c18-14-3-1-13(2-4-14)12-26-22-17-11-15(5-6-16(17)19-20-22)27(23,24)21-7-9-25-10-8-21/h1-6,11H,7-10,12H2. The molecule has 0 saturated carbocycles. The zero-order valence-electron chi connectivity index (χ0n) is 14.3. The first kappa shape index (κ1) is 17.8. The molecule has 0 radical (unpaired) electrons. The molecule has 0 bridgehead atoms. The maximum atomic E-state index is 13.0. The largest absolute Gasteiger partial charge is 0.390 e. The van der Waals surface area contributed by atoms with E-state index in [9.17, 15) is 12.8 Å². The van der Waals surface area contributed by atoms with Gasteiger partial charge in [0.05, 0.1) is 18.1 Å². The third-order valence-corrected chi connectivity index (χ3v) is 6.16. The molecule has 0 aliphatic carbocycles. The van der Waals surface area contributed by atoms with Crippen LogP contribution in [0, 0.1) is 5.82 Å². The van der Waals surface area contributed by atoms with Crippen molar-refractivity contribution in [3.05, 3.63) is 53.8 Å². The molecule has 2 heterocycles. The quantitative estimate of drug-likeness (QED) is 0.649. The number of hydrogen-bond acceptors (Lipinski definition) is 6. The Balaban J connectivity index is 1.60. The second kappa shape index (κ2) is 7.22. The van der Waals surface area contributed by atoms with Crippen molar-refractivity contribution in [2.75, 3.05) is 26.3 Å². The molecule has 4 rings (SSSR count). The Kier molecular flexibility index (Phi) is 4.77. The molecule has 1 aliphatic rings. The summed E-state index contributed by atoms with van der Waals surface area (Å²) in [5.41, 5.74) is 1.69. The maximum Gasteiger partial charge on any atom is 0.243 e. The molecule has 1 aromatic heterocycles. The normalized spacial score (nSPS) is 15.9. The van der Waals surface area contributed by atoms with Crippen LogP contribution in [0.2, 0.25) is 0 Å². The molecule has 0 atom stereocenters. The summed E-state index contributed by atoms with van der Waals surface area (Å²) in [6.07, 6.45) is 0. The van der Waals surface area contributed by atoms with Gasteiger partial charge in [-0.2, -0.15) is 4.31 Å². The van der Waals surface area contributed by atoms with Gasteiger partial charge in [-0.05, 0) is 41.1 Å². The first-order valence-electron chi connectivity index (χ1n) is 8.35. The van der Waals surface area contributed by atoms with Crippen molar-refractivity contribution in [3.8, 4) is 0 Å². The molecule has 1 fully saturated rings. The lowest BCUT2D eigenvalue weighted by atomic mass is 10.2. The van der Waals surface area contributed by atoms with Crippen LogP contribution in [-0.2, 0) is 21.4 Å². The molecular formula is C17H17FN4O4S. The fraction of sp³-hybridized carbons (Fsp3) is 0.294. The monoisotopic (exact) mass is 392 g/mol. The van der Waals surface area contributed by atoms with Crippen molar-refractivity contribution in [1.82, 2.24) is 19.5 Å². The van der Waals surface area contributed by atoms with Crippen molar-refractivity contribution in [3.63, 3.8) is 0 Å². The van der Waals surface area contributed by atoms with E-state index in [1.165, 1.54) is 33.4 Å². The van der Waals surface area contributed by atoms with Crippen molar-refractivity contribution in [2.24, 2.45) is 0 Å². The number of hydrogen-bond donors (Lipinski definition) is 0. The first-order valence-corrected chi connectivity index (χ1v) is 9.79. The van der Waals surface area contributed by atoms with Crippen LogP contribution in [-0.4, -0.2) is 54.2 Å². The second-order valence-electron chi connectivity index (χ2n) is 6.03. The number of fused-ring (bicyclic) bond motifs is 1. The van der Waals surface area contributed by atoms with Gasteiger partial charge < -0.3 is 9.57 Å². The van der Waals surface area contributed by atoms with Crippen LogP contribution in [0.4, 0.5) is 4.39 Å². The highest BCUT2D eigenvalue weighted by atomic mass is 32.2. The molecule has 27 heavy (non-hydrogen) atoms. The molecule has 0 amide bonds. The topological polar surface area (TPSA) is 86.5 Å². The zero-order valence-corrected chi connectivity index (χ0v) is 15.1. The van der Waals surface area contributed by atoms with E-state index < -0.39 is 10.0 Å². The van der Waals surface area contributed by atoms with Gasteiger partial charge in [0.1, 0.15) is 23.5 Å². The minimum Gasteiger partial charge on any atom is -0.390 e. The molecular weight excluding hydrogens is 375 g/mol. The summed E-state index contributed by atoms with van der Waals surface area (Å²) >= 11 is 0. The van der Waals surface area contributed by atoms with E-state index in [1.807, 2.05) is 0 Å². The van der Waals surface area contributed by atoms with Crippen molar-refractivity contribution in [2.45, 2.75) is 11.5 Å². The minimum atomic E-state index is -3.63. The van der Waals surface area contributed by atoms with E-state index in [2.05, 4.69) is 10.3 Å². The highest BCUT2D eigenvalue weighted by molar-refractivity contribution is 7.89. The van der Waals surface area contributed by atoms with E-state index in [4.69, 9.17) is 9.57 Å². The van der Waals surface area contributed by atoms with Gasteiger partial charge in [-0.25, -0.2) is 12.8 Å². The molecule has 142 valence electrons. The average molecular weight is 392 g/mol. The zero-order chi connectivity index (χ0) is 18.9. The van der Waals surface area contributed by atoms with Gasteiger partial charge in [0.25, 0.3) is 0 Å². The number of halogens is 1. The average Bonchev–Trinajstić information content (AvgIpc) is 3.10. The Morgan fingerprint density at radius 3 is 2.59 bits per heavy atom. The van der Waals surface area contributed by atoms with Gasteiger partial charge in [0.15, 0.2) is 0 Å². The van der Waals surface area contributed by atoms with Gasteiger partial charge in [-0.3, -0.25) is 0 Å². The molecule has 1 aliphatic heterocycles. The molecule has 2 aromatic carbocycles. The fourth-order valence-electron chi connectivity index (χ4n) is 2.79. The predicted octanol–water partition coefficient (Wildman–Crippen LogP) is 1.22. The fourth-order valence-corrected chi connectivity index (χ4v) is 4.21. The smallest absolute Gasteiger partial charge is 0.243 e. The summed E-state index contributed by atoms with van der Waals surface area (Å²) in [5, 5.41) is 7.89. The van der Waals surface area contributed by atoms with Crippen LogP contribution < -0.4 is 4.84 Å². The van der Waals surface area contributed by atoms with Crippen LogP contribution >= 0.6 is 0 Å². The Morgan fingerprint density at radius 2 is 1.85 bits per heavy atom. The van der Waals surface area contributed by atoms with Gasteiger partial charge in [0, 0.05) is 13.1 Å². The lowest BCUT2D eigenvalue weighted by Gasteiger charge is -2.26. The van der Waals surface area contributed by atoms with Crippen LogP contribution in [0.25, 0.3) is 11.0 Å². The molecule has 0 N–H and O–H groups in total. The van der Waals surface area contributed by atoms with Crippen LogP contribution in [0.3, 0.4) is 0 Å². The Hall–Kier alpha value is -2.56. The number of sulfonamides is 1. The summed E-state index contributed by atoms with van der Waals surface area (Å²) in [5.74, 6) is -0.331. The van der Waals surface area contributed by atoms with E-state index in [-0.39, 0.29) is 17.3 Å². The Labute approximate surface area is 155 Å². The third-order valence-electron chi connectivity index (χ3n) is 4.26. The number of ether oxygens (including phenoxy) is 1. The van der Waals surface area contributed by atoms with Gasteiger partial charge in [-0.15, -0.1) is 5.10 Å². The highest BCUT2D eigenvalue weighted by Crippen LogP contribution is 2.21. The highest BCUT2D eigenvalue weighted by Gasteiger charge is 2.27. The number of nitrogens with zero attached hydrogens (tertiary/aromatic N) is 4. The summed E-state index contributed by atoms with van der Waals surface area (Å²) < 4.78 is 45.2. The van der Waals surface area contributed by atoms with Gasteiger partial charge in [0.2, 0.25) is 10.0 Å². The van der Waals surface area contributed by atoms with Crippen molar-refractivity contribution in [1.29, 1.82) is 0 Å². The van der Waals surface area contributed by atoms with Crippen molar-refractivity contribution < 1.29 is 22.4 Å². The van der Waals surface area contributed by atoms with E-state index >= 15 is 0 Å². The lowest BCUT2D eigenvalue weighted by molar-refractivity contribution is 0.0729. The third kappa shape index (κ3) is 3.64. The van der Waals surface area contributed by atoms with Crippen LogP contribution in [0.5, 0.6) is 0 Å². The SMILES string of the molecule is O=S(=O)(c1ccc2nnn(OCc3ccc(F)cc3)c2c1)N1CCOCC1. The van der Waals surface area contributed by atoms with E-state index in [0.29, 0.717) is 37.3 Å². The van der Waals surface area contributed by atoms with Crippen LogP contribution in [0.15, 0.2) is 47.4 Å². The van der Waals surface area contributed by atoms with Crippen LogP contribution in [0.1, 0.15) is 5.56 Å². The summed E-state index contributed by atoms with van der Waals surface area (Å²) in [6.45, 7) is 1.53. The minimum absolute atomic E-state index is 0.138. The van der Waals surface area contributed by atoms with Gasteiger partial charge >= 0.3 is 0 Å². The number of morpholine rings is 1. The van der Waals surface area contributed by atoms with E-state index in [1.54, 1.807) is 18.2 Å². The summed E-state index contributed by atoms with van der Waals surface area (Å²) in [4.78, 5) is 6.91. The maximum absolute atomic E-state index is 13.0. The van der Waals surface area contributed by atoms with Gasteiger partial charge in [-0.1, -0.05) is 17.0 Å². The first-order chi connectivity index (χ1) is 13.0. The molecule has 0 spiro atoms. The Morgan fingerprint density at radius 1 is 1.11 bits per heavy atom. The summed E-state index contributed by atoms with van der Waals surface area (Å²) in [7, 11) is -3.63. The second-order valence-corrected chi connectivity index (χ2v) is 7.97. The molecule has 8 nitrogen and oxygen atoms in total. The Bertz CT molecular complexity index is 1050. The molecule has 10 heteroatoms.